The van der Waals surface area contributed by atoms with Crippen molar-refractivity contribution in [3.8, 4) is 5.75 Å². The summed E-state index contributed by atoms with van der Waals surface area (Å²) in [6.45, 7) is 8.60. The lowest BCUT2D eigenvalue weighted by Gasteiger charge is -2.29. The van der Waals surface area contributed by atoms with Crippen LogP contribution >= 0.6 is 12.2 Å². The van der Waals surface area contributed by atoms with Gasteiger partial charge in [0.05, 0.1) is 24.5 Å². The van der Waals surface area contributed by atoms with Crippen molar-refractivity contribution in [3.05, 3.63) is 72.3 Å². The lowest BCUT2D eigenvalue weighted by molar-refractivity contribution is -0.123. The highest BCUT2D eigenvalue weighted by Gasteiger charge is 2.42. The number of ether oxygens (including phenoxy) is 1. The number of thiocarbonyl (C=S) groups is 1. The zero-order valence-corrected chi connectivity index (χ0v) is 21.0. The molecule has 0 bridgehead atoms. The smallest absolute Gasteiger partial charge is 0.229 e. The molecule has 1 aliphatic rings. The SMILES string of the molecule is CCn1cccc1C1C(c2ccccn2)NC(=S)N1c1ccc(NC(=O)C(C)(C)C)c(OC)c1. The fourth-order valence-corrected chi connectivity index (χ4v) is 4.51. The van der Waals surface area contributed by atoms with Crippen molar-refractivity contribution in [2.24, 2.45) is 5.41 Å². The molecule has 0 saturated carbocycles. The van der Waals surface area contributed by atoms with Crippen molar-refractivity contribution in [1.82, 2.24) is 14.9 Å². The van der Waals surface area contributed by atoms with Crippen LogP contribution in [0, 0.1) is 5.41 Å². The summed E-state index contributed by atoms with van der Waals surface area (Å²) in [4.78, 5) is 19.3. The molecule has 3 aromatic rings. The Hall–Kier alpha value is -3.39. The predicted molar refractivity (Wildman–Crippen MR) is 139 cm³/mol. The van der Waals surface area contributed by atoms with Crippen LogP contribution in [0.25, 0.3) is 0 Å². The average Bonchev–Trinajstić information content (AvgIpc) is 3.43. The van der Waals surface area contributed by atoms with Gasteiger partial charge in [-0.2, -0.15) is 0 Å². The Kier molecular flexibility index (Phi) is 6.61. The first-order chi connectivity index (χ1) is 16.2. The first-order valence-corrected chi connectivity index (χ1v) is 11.8. The number of aromatic nitrogens is 2. The number of nitrogens with zero attached hydrogens (tertiary/aromatic N) is 3. The van der Waals surface area contributed by atoms with Gasteiger partial charge in [0, 0.05) is 41.8 Å². The number of amides is 1. The summed E-state index contributed by atoms with van der Waals surface area (Å²) in [5, 5.41) is 7.07. The first kappa shape index (κ1) is 23.8. The van der Waals surface area contributed by atoms with Crippen LogP contribution in [0.5, 0.6) is 5.75 Å². The largest absolute Gasteiger partial charge is 0.494 e. The Labute approximate surface area is 206 Å². The van der Waals surface area contributed by atoms with Crippen molar-refractivity contribution < 1.29 is 9.53 Å². The molecule has 8 heteroatoms. The zero-order chi connectivity index (χ0) is 24.5. The highest BCUT2D eigenvalue weighted by Crippen LogP contribution is 2.43. The van der Waals surface area contributed by atoms with Crippen molar-refractivity contribution in [1.29, 1.82) is 0 Å². The summed E-state index contributed by atoms with van der Waals surface area (Å²) >= 11 is 5.83. The van der Waals surface area contributed by atoms with Gasteiger partial charge < -0.3 is 24.8 Å². The van der Waals surface area contributed by atoms with Crippen molar-refractivity contribution in [2.45, 2.75) is 46.3 Å². The van der Waals surface area contributed by atoms with Gasteiger partial charge in [-0.1, -0.05) is 26.8 Å². The minimum absolute atomic E-state index is 0.0780. The predicted octanol–water partition coefficient (Wildman–Crippen LogP) is 5.07. The fraction of sp³-hybridized carbons (Fsp3) is 0.346. The average molecular weight is 478 g/mol. The summed E-state index contributed by atoms with van der Waals surface area (Å²) in [5.41, 5.74) is 3.03. The second-order valence-corrected chi connectivity index (χ2v) is 9.69. The highest BCUT2D eigenvalue weighted by atomic mass is 32.1. The van der Waals surface area contributed by atoms with Crippen LogP contribution in [0.4, 0.5) is 11.4 Å². The summed E-state index contributed by atoms with van der Waals surface area (Å²) in [6, 6.07) is 15.6. The van der Waals surface area contributed by atoms with Crippen LogP contribution in [0.15, 0.2) is 60.9 Å². The van der Waals surface area contributed by atoms with E-state index in [-0.39, 0.29) is 18.0 Å². The molecule has 1 aromatic carbocycles. The molecule has 3 heterocycles. The fourth-order valence-electron chi connectivity index (χ4n) is 4.16. The lowest BCUT2D eigenvalue weighted by atomic mass is 9.95. The molecule has 1 saturated heterocycles. The third-order valence-electron chi connectivity index (χ3n) is 6.00. The van der Waals surface area contributed by atoms with Crippen LogP contribution < -0.4 is 20.3 Å². The molecule has 1 aliphatic heterocycles. The summed E-state index contributed by atoms with van der Waals surface area (Å²) in [7, 11) is 1.60. The van der Waals surface area contributed by atoms with E-state index in [0.29, 0.717) is 16.5 Å². The van der Waals surface area contributed by atoms with Gasteiger partial charge in [0.15, 0.2) is 5.11 Å². The van der Waals surface area contributed by atoms with Gasteiger partial charge in [-0.25, -0.2) is 0 Å². The molecule has 34 heavy (non-hydrogen) atoms. The normalized spacial score (nSPS) is 18.0. The summed E-state index contributed by atoms with van der Waals surface area (Å²) < 4.78 is 7.87. The van der Waals surface area contributed by atoms with Gasteiger partial charge in [0.1, 0.15) is 11.8 Å². The maximum absolute atomic E-state index is 12.6. The van der Waals surface area contributed by atoms with Crippen molar-refractivity contribution in [2.75, 3.05) is 17.3 Å². The van der Waals surface area contributed by atoms with Gasteiger partial charge in [0.2, 0.25) is 5.91 Å². The molecule has 1 fully saturated rings. The van der Waals surface area contributed by atoms with Crippen LogP contribution in [-0.4, -0.2) is 27.7 Å². The number of carbonyl (C=O) groups excluding carboxylic acids is 1. The first-order valence-electron chi connectivity index (χ1n) is 11.4. The Morgan fingerprint density at radius 2 is 2.00 bits per heavy atom. The van der Waals surface area contributed by atoms with E-state index in [1.54, 1.807) is 13.3 Å². The number of hydrogen-bond donors (Lipinski definition) is 2. The molecule has 0 radical (unpaired) electrons. The lowest BCUT2D eigenvalue weighted by Crippen LogP contribution is -2.30. The molecular weight excluding hydrogens is 446 g/mol. The molecule has 2 atom stereocenters. The van der Waals surface area contributed by atoms with Gasteiger partial charge in [-0.15, -0.1) is 0 Å². The van der Waals surface area contributed by atoms with Gasteiger partial charge >= 0.3 is 0 Å². The maximum atomic E-state index is 12.6. The van der Waals surface area contributed by atoms with E-state index in [1.165, 1.54) is 0 Å². The number of benzene rings is 1. The summed E-state index contributed by atoms with van der Waals surface area (Å²) in [6.07, 6.45) is 3.88. The number of hydrogen-bond acceptors (Lipinski definition) is 4. The number of carbonyl (C=O) groups is 1. The molecule has 1 amide bonds. The third-order valence-corrected chi connectivity index (χ3v) is 6.31. The maximum Gasteiger partial charge on any atom is 0.229 e. The van der Waals surface area contributed by atoms with Crippen LogP contribution in [0.3, 0.4) is 0 Å². The van der Waals surface area contributed by atoms with E-state index in [1.807, 2.05) is 57.2 Å². The molecule has 2 aromatic heterocycles. The molecule has 178 valence electrons. The second kappa shape index (κ2) is 9.46. The Morgan fingerprint density at radius 1 is 1.21 bits per heavy atom. The number of nitrogens with one attached hydrogen (secondary N) is 2. The molecule has 2 unspecified atom stereocenters. The molecule has 7 nitrogen and oxygen atoms in total. The van der Waals surface area contributed by atoms with Gasteiger partial charge in [-0.3, -0.25) is 9.78 Å². The van der Waals surface area contributed by atoms with Crippen molar-refractivity contribution >= 4 is 34.6 Å². The quantitative estimate of drug-likeness (QED) is 0.483. The molecule has 0 aliphatic carbocycles. The monoisotopic (exact) mass is 477 g/mol. The zero-order valence-electron chi connectivity index (χ0n) is 20.2. The van der Waals surface area contributed by atoms with Gasteiger partial charge in [-0.05, 0) is 55.5 Å². The van der Waals surface area contributed by atoms with Crippen LogP contribution in [-0.2, 0) is 11.3 Å². The second-order valence-electron chi connectivity index (χ2n) is 9.30. The van der Waals surface area contributed by atoms with E-state index in [2.05, 4.69) is 50.3 Å². The summed E-state index contributed by atoms with van der Waals surface area (Å²) in [5.74, 6) is 0.495. The van der Waals surface area contributed by atoms with E-state index < -0.39 is 5.41 Å². The topological polar surface area (TPSA) is 71.4 Å². The van der Waals surface area contributed by atoms with E-state index in [9.17, 15) is 4.79 Å². The minimum Gasteiger partial charge on any atom is -0.494 e. The molecular formula is C26H31N5O2S. The Bertz CT molecular complexity index is 1190. The van der Waals surface area contributed by atoms with Gasteiger partial charge in [0.25, 0.3) is 0 Å². The van der Waals surface area contributed by atoms with Crippen LogP contribution in [0.2, 0.25) is 0 Å². The molecule has 4 rings (SSSR count). The third kappa shape index (κ3) is 4.50. The molecule has 0 spiro atoms. The van der Waals surface area contributed by atoms with E-state index in [0.717, 1.165) is 23.6 Å². The standard InChI is InChI=1S/C26H31N5O2S/c1-6-30-15-9-11-20(30)23-22(19-10-7-8-14-27-19)29-25(34)31(23)17-12-13-18(21(16-17)33-5)28-24(32)26(2,3)4/h7-16,22-23H,6H2,1-5H3,(H,28,32)(H,29,34). The highest BCUT2D eigenvalue weighted by molar-refractivity contribution is 7.80. The number of pyridine rings is 1. The number of methoxy groups -OCH3 is 1. The van der Waals surface area contributed by atoms with E-state index >= 15 is 0 Å². The number of rotatable bonds is 6. The van der Waals surface area contributed by atoms with Crippen LogP contribution in [0.1, 0.15) is 51.2 Å². The Balaban J connectivity index is 1.77. The number of anilines is 2. The Morgan fingerprint density at radius 3 is 2.65 bits per heavy atom. The minimum atomic E-state index is -0.517. The van der Waals surface area contributed by atoms with E-state index in [4.69, 9.17) is 17.0 Å². The number of aryl methyl sites for hydroxylation is 1. The van der Waals surface area contributed by atoms with Crippen molar-refractivity contribution in [3.63, 3.8) is 0 Å². The molecule has 2 N–H and O–H groups in total.